The van der Waals surface area contributed by atoms with E-state index >= 15 is 0 Å². The van der Waals surface area contributed by atoms with Crippen LogP contribution in [0.4, 0.5) is 10.5 Å². The quantitative estimate of drug-likeness (QED) is 0.202. The lowest BCUT2D eigenvalue weighted by molar-refractivity contribution is -0.122. The van der Waals surface area contributed by atoms with Gasteiger partial charge in [-0.25, -0.2) is 14.8 Å². The first-order valence-corrected chi connectivity index (χ1v) is 14.5. The molecule has 46 heavy (non-hydrogen) atoms. The smallest absolute Gasteiger partial charge is 0.411 e. The number of carbonyl (C=O) groups is 3. The molecule has 5 aromatic rings. The van der Waals surface area contributed by atoms with Gasteiger partial charge in [0.1, 0.15) is 29.0 Å². The van der Waals surface area contributed by atoms with Gasteiger partial charge in [-0.15, -0.1) is 10.2 Å². The van der Waals surface area contributed by atoms with E-state index in [0.717, 1.165) is 11.7 Å². The lowest BCUT2D eigenvalue weighted by atomic mass is 9.93. The van der Waals surface area contributed by atoms with Gasteiger partial charge in [-0.2, -0.15) is 0 Å². The highest BCUT2D eigenvalue weighted by Crippen LogP contribution is 2.33. The van der Waals surface area contributed by atoms with Crippen LogP contribution < -0.4 is 16.2 Å². The molecule has 0 aliphatic heterocycles. The van der Waals surface area contributed by atoms with Crippen molar-refractivity contribution in [2.24, 2.45) is 5.92 Å². The zero-order valence-corrected chi connectivity index (χ0v) is 26.3. The van der Waals surface area contributed by atoms with Crippen molar-refractivity contribution in [2.45, 2.75) is 45.7 Å². The number of aromatic nitrogens is 5. The number of hydrogen-bond donors (Lipinski definition) is 2. The van der Waals surface area contributed by atoms with Crippen LogP contribution in [0, 0.1) is 5.92 Å². The van der Waals surface area contributed by atoms with Crippen molar-refractivity contribution in [3.8, 4) is 11.4 Å². The van der Waals surface area contributed by atoms with Gasteiger partial charge < -0.3 is 18.9 Å². The Labute approximate surface area is 267 Å². The van der Waals surface area contributed by atoms with Gasteiger partial charge in [0.25, 0.3) is 11.4 Å². The molecule has 2 aromatic carbocycles. The minimum Gasteiger partial charge on any atom is -0.453 e. The first-order chi connectivity index (χ1) is 21.9. The Balaban J connectivity index is 1.39. The molecule has 1 atom stereocenters. The molecule has 0 saturated heterocycles. The van der Waals surface area contributed by atoms with Crippen molar-refractivity contribution in [1.82, 2.24) is 30.0 Å². The zero-order valence-electron chi connectivity index (χ0n) is 25.5. The van der Waals surface area contributed by atoms with E-state index in [-0.39, 0.29) is 29.2 Å². The van der Waals surface area contributed by atoms with E-state index in [1.807, 2.05) is 0 Å². The SMILES string of the molecule is COC(=O)Nc1cnc(-c2ccccc2)n(CC(=O)NC(C(=O)c2nnc(C(C)(C)c3nc4cc(Cl)ccc4o3)o2)C(C)C)c1=O. The van der Waals surface area contributed by atoms with Gasteiger partial charge in [0.15, 0.2) is 5.58 Å². The molecule has 5 rings (SSSR count). The van der Waals surface area contributed by atoms with Crippen molar-refractivity contribution in [3.63, 3.8) is 0 Å². The van der Waals surface area contributed by atoms with E-state index < -0.39 is 47.3 Å². The van der Waals surface area contributed by atoms with Crippen LogP contribution in [0.5, 0.6) is 0 Å². The third-order valence-electron chi connectivity index (χ3n) is 7.12. The lowest BCUT2D eigenvalue weighted by Gasteiger charge is -2.21. The standard InChI is InChI=1S/C31H30ClN7O7/c1-16(2)23(24(41)26-37-38-29(46-26)31(3,4)28-34-19-13-18(32)11-12-21(19)45-28)36-22(40)15-39-25(17-9-7-6-8-10-17)33-14-20(27(39)42)35-30(43)44-5/h6-14,16,23H,15H2,1-5H3,(H,35,43)(H,36,40). The first kappa shape index (κ1) is 32.0. The van der Waals surface area contributed by atoms with E-state index in [9.17, 15) is 19.2 Å². The number of oxazole rings is 1. The molecule has 0 aliphatic rings. The summed E-state index contributed by atoms with van der Waals surface area (Å²) in [6, 6.07) is 12.7. The maximum atomic E-state index is 13.6. The normalized spacial score (nSPS) is 12.2. The number of halogens is 1. The second-order valence-corrected chi connectivity index (χ2v) is 11.6. The lowest BCUT2D eigenvalue weighted by Crippen LogP contribution is -2.46. The number of ether oxygens (including phenoxy) is 1. The third kappa shape index (κ3) is 6.52. The van der Waals surface area contributed by atoms with Crippen molar-refractivity contribution >= 4 is 46.2 Å². The fourth-order valence-electron chi connectivity index (χ4n) is 4.57. The van der Waals surface area contributed by atoms with Crippen molar-refractivity contribution < 1.29 is 28.0 Å². The van der Waals surface area contributed by atoms with Crippen molar-refractivity contribution in [2.75, 3.05) is 12.4 Å². The molecule has 0 spiro atoms. The molecule has 2 N–H and O–H groups in total. The topological polar surface area (TPSA) is 184 Å². The van der Waals surface area contributed by atoms with E-state index in [0.29, 0.717) is 21.7 Å². The number of carbonyl (C=O) groups excluding carboxylic acids is 3. The zero-order chi connectivity index (χ0) is 33.2. The predicted octanol–water partition coefficient (Wildman–Crippen LogP) is 4.62. The van der Waals surface area contributed by atoms with E-state index in [2.05, 4.69) is 35.5 Å². The molecular weight excluding hydrogens is 618 g/mol. The van der Waals surface area contributed by atoms with Crippen LogP contribution in [0.2, 0.25) is 5.02 Å². The molecule has 15 heteroatoms. The molecule has 0 aliphatic carbocycles. The minimum atomic E-state index is -1.09. The molecule has 3 heterocycles. The molecule has 238 valence electrons. The van der Waals surface area contributed by atoms with E-state index in [1.165, 1.54) is 6.20 Å². The Kier molecular flexibility index (Phi) is 9.00. The number of anilines is 1. The van der Waals surface area contributed by atoms with Gasteiger partial charge in [-0.1, -0.05) is 55.8 Å². The molecule has 0 bridgehead atoms. The fraction of sp³-hybridized carbons (Fsp3) is 0.290. The molecule has 0 fully saturated rings. The summed E-state index contributed by atoms with van der Waals surface area (Å²) in [5.74, 6) is -1.51. The van der Waals surface area contributed by atoms with E-state index in [1.54, 1.807) is 76.2 Å². The summed E-state index contributed by atoms with van der Waals surface area (Å²) in [5, 5.41) is 13.5. The Morgan fingerprint density at radius 3 is 2.48 bits per heavy atom. The van der Waals surface area contributed by atoms with Crippen LogP contribution in [0.15, 0.2) is 68.4 Å². The summed E-state index contributed by atoms with van der Waals surface area (Å²) in [4.78, 5) is 60.9. The number of benzene rings is 2. The Morgan fingerprint density at radius 2 is 1.78 bits per heavy atom. The van der Waals surface area contributed by atoms with Gasteiger partial charge in [0.05, 0.1) is 19.3 Å². The highest BCUT2D eigenvalue weighted by Gasteiger charge is 2.37. The van der Waals surface area contributed by atoms with Crippen LogP contribution in [-0.4, -0.2) is 55.7 Å². The number of nitrogens with zero attached hydrogens (tertiary/aromatic N) is 5. The number of hydrogen-bond acceptors (Lipinski definition) is 11. The van der Waals surface area contributed by atoms with Crippen LogP contribution >= 0.6 is 11.6 Å². The van der Waals surface area contributed by atoms with Crippen LogP contribution in [-0.2, 0) is 21.5 Å². The summed E-state index contributed by atoms with van der Waals surface area (Å²) in [6.45, 7) is 6.45. The molecule has 14 nitrogen and oxygen atoms in total. The highest BCUT2D eigenvalue weighted by molar-refractivity contribution is 6.31. The second kappa shape index (κ2) is 12.9. The number of ketones is 1. The summed E-state index contributed by atoms with van der Waals surface area (Å²) < 4.78 is 17.4. The van der Waals surface area contributed by atoms with E-state index in [4.69, 9.17) is 20.4 Å². The fourth-order valence-corrected chi connectivity index (χ4v) is 4.73. The molecule has 3 aromatic heterocycles. The van der Waals surface area contributed by atoms with Crippen molar-refractivity contribution in [3.05, 3.63) is 87.8 Å². The molecule has 0 radical (unpaired) electrons. The summed E-state index contributed by atoms with van der Waals surface area (Å²) >= 11 is 6.08. The summed E-state index contributed by atoms with van der Waals surface area (Å²) in [7, 11) is 1.15. The Morgan fingerprint density at radius 1 is 1.04 bits per heavy atom. The summed E-state index contributed by atoms with van der Waals surface area (Å²) in [5.41, 5.74) is -0.297. The van der Waals surface area contributed by atoms with Gasteiger partial charge >= 0.3 is 6.09 Å². The molecule has 2 amide bonds. The highest BCUT2D eigenvalue weighted by atomic mass is 35.5. The van der Waals surface area contributed by atoms with Gasteiger partial charge in [0, 0.05) is 10.6 Å². The number of fused-ring (bicyclic) bond motifs is 1. The number of amides is 2. The summed E-state index contributed by atoms with van der Waals surface area (Å²) in [6.07, 6.45) is 0.302. The van der Waals surface area contributed by atoms with Crippen LogP contribution in [0.3, 0.4) is 0 Å². The Bertz CT molecular complexity index is 1980. The predicted molar refractivity (Wildman–Crippen MR) is 167 cm³/mol. The minimum absolute atomic E-state index is 0.0717. The molecular formula is C31H30ClN7O7. The number of Topliss-reactive ketones (excluding diaryl/α,β-unsaturated/α-hetero) is 1. The number of nitrogens with one attached hydrogen (secondary N) is 2. The average molecular weight is 648 g/mol. The van der Waals surface area contributed by atoms with Crippen LogP contribution in [0.25, 0.3) is 22.5 Å². The molecule has 0 saturated carbocycles. The maximum absolute atomic E-state index is 13.6. The van der Waals surface area contributed by atoms with Gasteiger partial charge in [-0.05, 0) is 38.0 Å². The second-order valence-electron chi connectivity index (χ2n) is 11.2. The largest absolute Gasteiger partial charge is 0.453 e. The maximum Gasteiger partial charge on any atom is 0.411 e. The van der Waals surface area contributed by atoms with Gasteiger partial charge in [0.2, 0.25) is 23.5 Å². The number of methoxy groups -OCH3 is 1. The third-order valence-corrected chi connectivity index (χ3v) is 7.36. The monoisotopic (exact) mass is 647 g/mol. The van der Waals surface area contributed by atoms with Gasteiger partial charge in [-0.3, -0.25) is 24.3 Å². The average Bonchev–Trinajstić information content (AvgIpc) is 3.70. The molecule has 1 unspecified atom stereocenters. The number of rotatable bonds is 10. The first-order valence-electron chi connectivity index (χ1n) is 14.1. The van der Waals surface area contributed by atoms with Crippen LogP contribution in [0.1, 0.15) is 50.2 Å². The van der Waals surface area contributed by atoms with Crippen molar-refractivity contribution in [1.29, 1.82) is 0 Å². The Hall–Kier alpha value is -5.37.